The minimum atomic E-state index is -3.33. The van der Waals surface area contributed by atoms with Crippen LogP contribution in [0.15, 0.2) is 22.7 Å². The van der Waals surface area contributed by atoms with E-state index in [0.29, 0.717) is 30.7 Å². The van der Waals surface area contributed by atoms with Gasteiger partial charge < -0.3 is 10.4 Å². The highest BCUT2D eigenvalue weighted by Gasteiger charge is 2.44. The summed E-state index contributed by atoms with van der Waals surface area (Å²) in [5, 5.41) is 12.1. The Kier molecular flexibility index (Phi) is 6.93. The Morgan fingerprint density at radius 3 is 2.43 bits per heavy atom. The summed E-state index contributed by atoms with van der Waals surface area (Å²) >= 11 is 3.12. The van der Waals surface area contributed by atoms with E-state index in [2.05, 4.69) is 21.2 Å². The highest BCUT2D eigenvalue weighted by molar-refractivity contribution is 9.10. The van der Waals surface area contributed by atoms with Crippen LogP contribution in [0.2, 0.25) is 0 Å². The first-order valence-corrected chi connectivity index (χ1v) is 7.13. The molecule has 120 valence electrons. The summed E-state index contributed by atoms with van der Waals surface area (Å²) in [6.07, 6.45) is 0. The van der Waals surface area contributed by atoms with Crippen molar-refractivity contribution in [2.45, 2.75) is 12.0 Å². The standard InChI is InChI=1S/C13H16BrF3N2O.ClH/c14-10-5-9(6-11(15)7-10)12(13(16,17)8-20)19-3-1-18-2-4-19;/h5-7,12,18,20H,1-4,8H2;1H/t12-;/m1./s1. The Morgan fingerprint density at radius 1 is 1.29 bits per heavy atom. The van der Waals surface area contributed by atoms with E-state index < -0.39 is 24.4 Å². The smallest absolute Gasteiger partial charge is 0.289 e. The van der Waals surface area contributed by atoms with E-state index in [-0.39, 0.29) is 18.0 Å². The molecule has 1 fully saturated rings. The predicted octanol–water partition coefficient (Wildman–Crippen LogP) is 2.58. The lowest BCUT2D eigenvalue weighted by atomic mass is 9.98. The van der Waals surface area contributed by atoms with E-state index in [1.165, 1.54) is 12.1 Å². The quantitative estimate of drug-likeness (QED) is 0.831. The molecule has 0 aliphatic carbocycles. The van der Waals surface area contributed by atoms with Crippen LogP contribution in [0.5, 0.6) is 0 Å². The average Bonchev–Trinajstić information content (AvgIpc) is 2.39. The van der Waals surface area contributed by atoms with Crippen molar-refractivity contribution >= 4 is 28.3 Å². The molecular weight excluding hydrogens is 373 g/mol. The van der Waals surface area contributed by atoms with Crippen LogP contribution in [0, 0.1) is 5.82 Å². The second-order valence-corrected chi connectivity index (χ2v) is 5.73. The number of benzene rings is 1. The molecule has 0 aromatic heterocycles. The Balaban J connectivity index is 0.00000220. The third kappa shape index (κ3) is 4.56. The number of rotatable bonds is 4. The second kappa shape index (κ2) is 7.78. The van der Waals surface area contributed by atoms with Gasteiger partial charge in [0.2, 0.25) is 0 Å². The number of hydrogen-bond acceptors (Lipinski definition) is 3. The maximum atomic E-state index is 14.1. The van der Waals surface area contributed by atoms with Crippen LogP contribution in [-0.4, -0.2) is 48.7 Å². The van der Waals surface area contributed by atoms with Crippen molar-refractivity contribution in [2.24, 2.45) is 0 Å². The van der Waals surface area contributed by atoms with Gasteiger partial charge in [-0.1, -0.05) is 15.9 Å². The van der Waals surface area contributed by atoms with Crippen LogP contribution in [0.25, 0.3) is 0 Å². The van der Waals surface area contributed by atoms with Crippen molar-refractivity contribution in [3.8, 4) is 0 Å². The van der Waals surface area contributed by atoms with Crippen molar-refractivity contribution in [2.75, 3.05) is 32.8 Å². The van der Waals surface area contributed by atoms with Gasteiger partial charge >= 0.3 is 0 Å². The predicted molar refractivity (Wildman–Crippen MR) is 80.6 cm³/mol. The maximum absolute atomic E-state index is 14.1. The summed E-state index contributed by atoms with van der Waals surface area (Å²) in [4.78, 5) is 1.58. The van der Waals surface area contributed by atoms with Crippen LogP contribution in [0.4, 0.5) is 13.2 Å². The molecule has 21 heavy (non-hydrogen) atoms. The van der Waals surface area contributed by atoms with Gasteiger partial charge in [-0.2, -0.15) is 0 Å². The number of nitrogens with zero attached hydrogens (tertiary/aromatic N) is 1. The molecule has 0 amide bonds. The number of nitrogens with one attached hydrogen (secondary N) is 1. The summed E-state index contributed by atoms with van der Waals surface area (Å²) in [6, 6.07) is 2.46. The van der Waals surface area contributed by atoms with Gasteiger partial charge in [-0.05, 0) is 23.8 Å². The topological polar surface area (TPSA) is 35.5 Å². The van der Waals surface area contributed by atoms with Gasteiger partial charge in [-0.15, -0.1) is 12.4 Å². The maximum Gasteiger partial charge on any atom is 0.289 e. The molecule has 1 saturated heterocycles. The highest BCUT2D eigenvalue weighted by atomic mass is 79.9. The van der Waals surface area contributed by atoms with Gasteiger partial charge in [0.25, 0.3) is 5.92 Å². The highest BCUT2D eigenvalue weighted by Crippen LogP contribution is 2.37. The molecule has 1 aliphatic rings. The molecule has 1 aromatic rings. The van der Waals surface area contributed by atoms with Crippen LogP contribution in [0.1, 0.15) is 11.6 Å². The van der Waals surface area contributed by atoms with Crippen LogP contribution < -0.4 is 5.32 Å². The van der Waals surface area contributed by atoms with Crippen LogP contribution in [-0.2, 0) is 0 Å². The molecule has 1 heterocycles. The fourth-order valence-electron chi connectivity index (χ4n) is 2.48. The Labute approximate surface area is 136 Å². The molecule has 0 radical (unpaired) electrons. The Morgan fingerprint density at radius 2 is 1.90 bits per heavy atom. The lowest BCUT2D eigenvalue weighted by molar-refractivity contribution is -0.118. The Hall–Kier alpha value is -0.340. The number of alkyl halides is 2. The molecular formula is C13H17BrClF3N2O. The molecule has 3 nitrogen and oxygen atoms in total. The number of aliphatic hydroxyl groups is 1. The third-order valence-electron chi connectivity index (χ3n) is 3.33. The van der Waals surface area contributed by atoms with Crippen molar-refractivity contribution in [1.29, 1.82) is 0 Å². The first-order chi connectivity index (χ1) is 9.44. The zero-order chi connectivity index (χ0) is 14.8. The molecule has 2 rings (SSSR count). The van der Waals surface area contributed by atoms with Gasteiger partial charge in [0.15, 0.2) is 0 Å². The summed E-state index contributed by atoms with van der Waals surface area (Å²) in [6.45, 7) is 0.765. The summed E-state index contributed by atoms with van der Waals surface area (Å²) in [5.41, 5.74) is 0.165. The van der Waals surface area contributed by atoms with Crippen molar-refractivity contribution in [3.05, 3.63) is 34.1 Å². The molecule has 0 spiro atoms. The van der Waals surface area contributed by atoms with E-state index in [1.54, 1.807) is 4.90 Å². The summed E-state index contributed by atoms with van der Waals surface area (Å²) in [7, 11) is 0. The van der Waals surface area contributed by atoms with Crippen LogP contribution in [0.3, 0.4) is 0 Å². The van der Waals surface area contributed by atoms with E-state index in [4.69, 9.17) is 5.11 Å². The first-order valence-electron chi connectivity index (χ1n) is 6.33. The molecule has 0 bridgehead atoms. The Bertz CT molecular complexity index is 452. The fraction of sp³-hybridized carbons (Fsp3) is 0.538. The number of aliphatic hydroxyl groups excluding tert-OH is 1. The molecule has 1 aromatic carbocycles. The van der Waals surface area contributed by atoms with Gasteiger partial charge in [0.1, 0.15) is 18.5 Å². The number of hydrogen-bond donors (Lipinski definition) is 2. The SMILES string of the molecule is Cl.OCC(F)(F)[C@@H](c1cc(F)cc(Br)c1)N1CCNCC1. The second-order valence-electron chi connectivity index (χ2n) is 4.81. The van der Waals surface area contributed by atoms with Crippen molar-refractivity contribution < 1.29 is 18.3 Å². The van der Waals surface area contributed by atoms with Gasteiger partial charge in [0.05, 0.1) is 0 Å². The van der Waals surface area contributed by atoms with E-state index in [1.807, 2.05) is 0 Å². The summed E-state index contributed by atoms with van der Waals surface area (Å²) < 4.78 is 42.1. The number of piperazine rings is 1. The summed E-state index contributed by atoms with van der Waals surface area (Å²) in [5.74, 6) is -3.91. The normalized spacial score (nSPS) is 18.1. The van der Waals surface area contributed by atoms with Crippen molar-refractivity contribution in [3.63, 3.8) is 0 Å². The third-order valence-corrected chi connectivity index (χ3v) is 3.79. The first kappa shape index (κ1) is 18.7. The van der Waals surface area contributed by atoms with Gasteiger partial charge in [0, 0.05) is 30.7 Å². The van der Waals surface area contributed by atoms with Gasteiger partial charge in [-0.3, -0.25) is 4.90 Å². The molecule has 8 heteroatoms. The van der Waals surface area contributed by atoms with E-state index in [9.17, 15) is 13.2 Å². The largest absolute Gasteiger partial charge is 0.390 e. The molecule has 2 N–H and O–H groups in total. The fourth-order valence-corrected chi connectivity index (χ4v) is 2.96. The minimum Gasteiger partial charge on any atom is -0.390 e. The molecule has 1 aliphatic heterocycles. The zero-order valence-electron chi connectivity index (χ0n) is 11.2. The zero-order valence-corrected chi connectivity index (χ0v) is 13.6. The number of halogens is 5. The van der Waals surface area contributed by atoms with Crippen LogP contribution >= 0.6 is 28.3 Å². The minimum absolute atomic E-state index is 0. The molecule has 0 saturated carbocycles. The lowest BCUT2D eigenvalue weighted by Gasteiger charge is -2.38. The van der Waals surface area contributed by atoms with E-state index >= 15 is 0 Å². The molecule has 0 unspecified atom stereocenters. The molecule has 1 atom stereocenters. The van der Waals surface area contributed by atoms with E-state index in [0.717, 1.165) is 6.07 Å². The van der Waals surface area contributed by atoms with Crippen molar-refractivity contribution in [1.82, 2.24) is 10.2 Å². The monoisotopic (exact) mass is 388 g/mol. The average molecular weight is 390 g/mol. The lowest BCUT2D eigenvalue weighted by Crippen LogP contribution is -2.51. The van der Waals surface area contributed by atoms with Gasteiger partial charge in [-0.25, -0.2) is 13.2 Å².